The Kier molecular flexibility index (Phi) is 3.65. The molecule has 74 valence electrons. The molecular formula is C8H15N3OS. The van der Waals surface area contributed by atoms with Gasteiger partial charge in [0.1, 0.15) is 0 Å². The van der Waals surface area contributed by atoms with Crippen molar-refractivity contribution in [3.8, 4) is 0 Å². The Hall–Kier alpha value is -0.650. The molecule has 1 heterocycles. The predicted molar refractivity (Wildman–Crippen MR) is 55.2 cm³/mol. The van der Waals surface area contributed by atoms with E-state index in [-0.39, 0.29) is 0 Å². The first kappa shape index (κ1) is 10.4. The summed E-state index contributed by atoms with van der Waals surface area (Å²) in [7, 11) is 3.89. The van der Waals surface area contributed by atoms with E-state index in [2.05, 4.69) is 4.98 Å². The van der Waals surface area contributed by atoms with Gasteiger partial charge in [-0.1, -0.05) is 0 Å². The topological polar surface area (TPSA) is 62.4 Å². The zero-order valence-corrected chi connectivity index (χ0v) is 8.71. The minimum atomic E-state index is -0.449. The first-order valence-corrected chi connectivity index (χ1v) is 4.95. The number of hydrogen-bond acceptors (Lipinski definition) is 5. The largest absolute Gasteiger partial charge is 0.391 e. The summed E-state index contributed by atoms with van der Waals surface area (Å²) >= 11 is 1.58. The van der Waals surface area contributed by atoms with Crippen LogP contribution < -0.4 is 10.6 Å². The SMILES string of the molecule is CN(C)c1ncc(CC(O)CN)s1. The van der Waals surface area contributed by atoms with Crippen LogP contribution in [-0.4, -0.2) is 36.8 Å². The average molecular weight is 201 g/mol. The predicted octanol–water partition coefficient (Wildman–Crippen LogP) is 0.0712. The van der Waals surface area contributed by atoms with Gasteiger partial charge < -0.3 is 15.7 Å². The van der Waals surface area contributed by atoms with Crippen LogP contribution >= 0.6 is 11.3 Å². The lowest BCUT2D eigenvalue weighted by atomic mass is 10.2. The molecular weight excluding hydrogens is 186 g/mol. The summed E-state index contributed by atoms with van der Waals surface area (Å²) in [4.78, 5) is 7.21. The van der Waals surface area contributed by atoms with Gasteiger partial charge in [0.25, 0.3) is 0 Å². The van der Waals surface area contributed by atoms with E-state index >= 15 is 0 Å². The molecule has 0 radical (unpaired) electrons. The van der Waals surface area contributed by atoms with Crippen molar-refractivity contribution in [2.24, 2.45) is 5.73 Å². The van der Waals surface area contributed by atoms with Gasteiger partial charge in [-0.3, -0.25) is 0 Å². The van der Waals surface area contributed by atoms with Gasteiger partial charge in [-0.2, -0.15) is 0 Å². The van der Waals surface area contributed by atoms with Crippen molar-refractivity contribution in [2.75, 3.05) is 25.5 Å². The molecule has 13 heavy (non-hydrogen) atoms. The lowest BCUT2D eigenvalue weighted by molar-refractivity contribution is 0.184. The third-order valence-electron chi connectivity index (χ3n) is 1.63. The molecule has 0 spiro atoms. The van der Waals surface area contributed by atoms with Crippen molar-refractivity contribution < 1.29 is 5.11 Å². The smallest absolute Gasteiger partial charge is 0.184 e. The molecule has 0 saturated carbocycles. The average Bonchev–Trinajstić information content (AvgIpc) is 2.52. The summed E-state index contributed by atoms with van der Waals surface area (Å²) < 4.78 is 0. The highest BCUT2D eigenvalue weighted by atomic mass is 32.1. The Morgan fingerprint density at radius 3 is 2.85 bits per heavy atom. The number of thiazole rings is 1. The van der Waals surface area contributed by atoms with Gasteiger partial charge in [0, 0.05) is 38.1 Å². The fourth-order valence-electron chi connectivity index (χ4n) is 0.914. The second-order valence-electron chi connectivity index (χ2n) is 3.10. The number of aliphatic hydroxyl groups excluding tert-OH is 1. The van der Waals surface area contributed by atoms with Crippen LogP contribution in [0, 0.1) is 0 Å². The third kappa shape index (κ3) is 2.95. The number of aromatic nitrogens is 1. The van der Waals surface area contributed by atoms with Crippen molar-refractivity contribution in [3.05, 3.63) is 11.1 Å². The van der Waals surface area contributed by atoms with Crippen LogP contribution in [0.25, 0.3) is 0 Å². The molecule has 0 aliphatic rings. The van der Waals surface area contributed by atoms with E-state index < -0.39 is 6.10 Å². The number of rotatable bonds is 4. The number of nitrogens with zero attached hydrogens (tertiary/aromatic N) is 2. The van der Waals surface area contributed by atoms with Crippen LogP contribution in [-0.2, 0) is 6.42 Å². The van der Waals surface area contributed by atoms with Crippen molar-refractivity contribution in [1.82, 2.24) is 4.98 Å². The van der Waals surface area contributed by atoms with Crippen molar-refractivity contribution in [3.63, 3.8) is 0 Å². The van der Waals surface area contributed by atoms with Crippen LogP contribution in [0.5, 0.6) is 0 Å². The Morgan fingerprint density at radius 2 is 2.38 bits per heavy atom. The molecule has 5 heteroatoms. The highest BCUT2D eigenvalue weighted by Crippen LogP contribution is 2.21. The molecule has 3 N–H and O–H groups in total. The van der Waals surface area contributed by atoms with E-state index in [0.717, 1.165) is 10.0 Å². The maximum Gasteiger partial charge on any atom is 0.184 e. The van der Waals surface area contributed by atoms with E-state index in [1.54, 1.807) is 17.5 Å². The summed E-state index contributed by atoms with van der Waals surface area (Å²) in [5.74, 6) is 0. The van der Waals surface area contributed by atoms with Gasteiger partial charge in [0.05, 0.1) is 6.10 Å². The molecule has 1 atom stereocenters. The highest BCUT2D eigenvalue weighted by molar-refractivity contribution is 7.15. The summed E-state index contributed by atoms with van der Waals surface area (Å²) in [6, 6.07) is 0. The van der Waals surface area contributed by atoms with Crippen molar-refractivity contribution in [2.45, 2.75) is 12.5 Å². The first-order valence-electron chi connectivity index (χ1n) is 4.13. The lowest BCUT2D eigenvalue weighted by Crippen LogP contribution is -2.21. The fourth-order valence-corrected chi connectivity index (χ4v) is 1.82. The number of nitrogens with two attached hydrogens (primary N) is 1. The third-order valence-corrected chi connectivity index (χ3v) is 2.82. The monoisotopic (exact) mass is 201 g/mol. The minimum absolute atomic E-state index is 0.301. The Morgan fingerprint density at radius 1 is 1.69 bits per heavy atom. The molecule has 0 aliphatic heterocycles. The standard InChI is InChI=1S/C8H15N3OS/c1-11(2)8-10-5-7(13-8)3-6(12)4-9/h5-6,12H,3-4,9H2,1-2H3. The first-order chi connectivity index (χ1) is 6.13. The quantitative estimate of drug-likeness (QED) is 0.723. The molecule has 0 aromatic carbocycles. The Labute approximate surface area is 82.0 Å². The van der Waals surface area contributed by atoms with Gasteiger partial charge in [-0.15, -0.1) is 11.3 Å². The molecule has 0 fully saturated rings. The van der Waals surface area contributed by atoms with Crippen LogP contribution in [0.1, 0.15) is 4.88 Å². The van der Waals surface area contributed by atoms with Crippen molar-refractivity contribution >= 4 is 16.5 Å². The summed E-state index contributed by atoms with van der Waals surface area (Å²) in [5.41, 5.74) is 5.31. The van der Waals surface area contributed by atoms with Crippen molar-refractivity contribution in [1.29, 1.82) is 0 Å². The van der Waals surface area contributed by atoms with E-state index in [0.29, 0.717) is 13.0 Å². The van der Waals surface area contributed by atoms with Gasteiger partial charge in [-0.25, -0.2) is 4.98 Å². The van der Waals surface area contributed by atoms with E-state index in [4.69, 9.17) is 5.73 Å². The van der Waals surface area contributed by atoms with E-state index in [9.17, 15) is 5.11 Å². The molecule has 1 aromatic heterocycles. The van der Waals surface area contributed by atoms with E-state index in [1.807, 2.05) is 19.0 Å². The van der Waals surface area contributed by atoms with E-state index in [1.165, 1.54) is 0 Å². The van der Waals surface area contributed by atoms with Gasteiger partial charge in [0.2, 0.25) is 0 Å². The molecule has 1 unspecified atom stereocenters. The van der Waals surface area contributed by atoms with Gasteiger partial charge in [-0.05, 0) is 0 Å². The second-order valence-corrected chi connectivity index (χ2v) is 4.19. The molecule has 4 nitrogen and oxygen atoms in total. The lowest BCUT2D eigenvalue weighted by Gasteiger charge is -2.06. The van der Waals surface area contributed by atoms with Crippen LogP contribution in [0.2, 0.25) is 0 Å². The van der Waals surface area contributed by atoms with Gasteiger partial charge in [0.15, 0.2) is 5.13 Å². The molecule has 1 aromatic rings. The number of hydrogen-bond donors (Lipinski definition) is 2. The summed E-state index contributed by atoms with van der Waals surface area (Å²) in [6.07, 6.45) is 1.94. The molecule has 1 rings (SSSR count). The Bertz CT molecular complexity index is 262. The highest BCUT2D eigenvalue weighted by Gasteiger charge is 2.07. The maximum atomic E-state index is 9.30. The zero-order chi connectivity index (χ0) is 9.84. The summed E-state index contributed by atoms with van der Waals surface area (Å²) in [6.45, 7) is 0.301. The second kappa shape index (κ2) is 4.55. The van der Waals surface area contributed by atoms with Crippen LogP contribution in [0.3, 0.4) is 0 Å². The number of anilines is 1. The zero-order valence-electron chi connectivity index (χ0n) is 7.90. The number of aliphatic hydroxyl groups is 1. The normalized spacial score (nSPS) is 12.9. The van der Waals surface area contributed by atoms with Crippen LogP contribution in [0.4, 0.5) is 5.13 Å². The molecule has 0 amide bonds. The minimum Gasteiger partial charge on any atom is -0.391 e. The maximum absolute atomic E-state index is 9.30. The summed E-state index contributed by atoms with van der Waals surface area (Å²) in [5, 5.41) is 10.3. The Balaban J connectivity index is 2.58. The molecule has 0 bridgehead atoms. The van der Waals surface area contributed by atoms with Gasteiger partial charge >= 0.3 is 0 Å². The molecule has 0 saturated heterocycles. The fraction of sp³-hybridized carbons (Fsp3) is 0.625. The van der Waals surface area contributed by atoms with Crippen LogP contribution in [0.15, 0.2) is 6.20 Å². The molecule has 0 aliphatic carbocycles.